The van der Waals surface area contributed by atoms with Crippen molar-refractivity contribution in [1.82, 2.24) is 5.32 Å². The van der Waals surface area contributed by atoms with E-state index in [1.165, 1.54) is 0 Å². The molecule has 0 bridgehead atoms. The molecule has 0 saturated carbocycles. The Hall–Kier alpha value is -1.01. The fraction of sp³-hybridized carbons (Fsp3) is 0.700. The molecule has 13 heavy (non-hydrogen) atoms. The number of cyclic esters (lactones) is 1. The van der Waals surface area contributed by atoms with Crippen LogP contribution in [0.3, 0.4) is 0 Å². The van der Waals surface area contributed by atoms with Gasteiger partial charge in [0.1, 0.15) is 12.1 Å². The van der Waals surface area contributed by atoms with Crippen molar-refractivity contribution in [3.63, 3.8) is 0 Å². The molecule has 3 heteroatoms. The number of hydrogen-bond donors (Lipinski definition) is 1. The van der Waals surface area contributed by atoms with Crippen molar-refractivity contribution in [2.24, 2.45) is 0 Å². The summed E-state index contributed by atoms with van der Waals surface area (Å²) in [6.45, 7) is 3.86. The smallest absolute Gasteiger partial charge is 0.323 e. The Kier molecular flexibility index (Phi) is 3.32. The average molecular weight is 181 g/mol. The first-order chi connectivity index (χ1) is 6.13. The molecule has 0 spiro atoms. The van der Waals surface area contributed by atoms with Gasteiger partial charge in [-0.15, -0.1) is 12.3 Å². The quantitative estimate of drug-likeness (QED) is 0.514. The van der Waals surface area contributed by atoms with Crippen molar-refractivity contribution < 1.29 is 9.53 Å². The minimum absolute atomic E-state index is 0.0306. The van der Waals surface area contributed by atoms with E-state index in [-0.39, 0.29) is 24.2 Å². The summed E-state index contributed by atoms with van der Waals surface area (Å²) in [7, 11) is 0. The van der Waals surface area contributed by atoms with E-state index in [1.54, 1.807) is 0 Å². The summed E-state index contributed by atoms with van der Waals surface area (Å²) in [5.41, 5.74) is 0. The topological polar surface area (TPSA) is 38.3 Å². The van der Waals surface area contributed by atoms with Crippen LogP contribution in [-0.2, 0) is 9.53 Å². The van der Waals surface area contributed by atoms with Gasteiger partial charge >= 0.3 is 5.97 Å². The van der Waals surface area contributed by atoms with Crippen LogP contribution in [0, 0.1) is 12.3 Å². The van der Waals surface area contributed by atoms with Crippen molar-refractivity contribution >= 4 is 5.97 Å². The van der Waals surface area contributed by atoms with Gasteiger partial charge < -0.3 is 10.1 Å². The van der Waals surface area contributed by atoms with E-state index in [2.05, 4.69) is 11.2 Å². The monoisotopic (exact) mass is 181 g/mol. The summed E-state index contributed by atoms with van der Waals surface area (Å²) >= 11 is 0. The molecule has 1 rings (SSSR count). The predicted molar refractivity (Wildman–Crippen MR) is 50.0 cm³/mol. The van der Waals surface area contributed by atoms with Crippen LogP contribution in [0.25, 0.3) is 0 Å². The number of hydrogen-bond acceptors (Lipinski definition) is 3. The van der Waals surface area contributed by atoms with Gasteiger partial charge in [-0.3, -0.25) is 4.79 Å². The van der Waals surface area contributed by atoms with E-state index in [4.69, 9.17) is 11.2 Å². The van der Waals surface area contributed by atoms with E-state index in [9.17, 15) is 4.79 Å². The van der Waals surface area contributed by atoms with E-state index in [0.717, 1.165) is 6.42 Å². The summed E-state index contributed by atoms with van der Waals surface area (Å²) in [5, 5.41) is 3.14. The molecule has 1 aliphatic rings. The zero-order valence-electron chi connectivity index (χ0n) is 8.04. The maximum Gasteiger partial charge on any atom is 0.323 e. The van der Waals surface area contributed by atoms with Gasteiger partial charge in [-0.25, -0.2) is 0 Å². The minimum atomic E-state index is -0.168. The van der Waals surface area contributed by atoms with Crippen molar-refractivity contribution in [2.75, 3.05) is 0 Å². The van der Waals surface area contributed by atoms with E-state index < -0.39 is 0 Å². The standard InChI is InChI=1S/C10H15NO2/c1-4-5-7(2)11-9-6-8(3)13-10(9)12/h1,7-9,11H,5-6H2,2-3H3. The third-order valence-corrected chi connectivity index (χ3v) is 2.08. The highest BCUT2D eigenvalue weighted by Gasteiger charge is 2.32. The maximum absolute atomic E-state index is 11.2. The van der Waals surface area contributed by atoms with Gasteiger partial charge in [0, 0.05) is 18.9 Å². The fourth-order valence-corrected chi connectivity index (χ4v) is 1.47. The molecule has 3 atom stereocenters. The Morgan fingerprint density at radius 3 is 3.00 bits per heavy atom. The van der Waals surface area contributed by atoms with Crippen molar-refractivity contribution in [2.45, 2.75) is 44.9 Å². The third-order valence-electron chi connectivity index (χ3n) is 2.08. The summed E-state index contributed by atoms with van der Waals surface area (Å²) in [5.74, 6) is 2.40. The van der Waals surface area contributed by atoms with Crippen LogP contribution in [-0.4, -0.2) is 24.2 Å². The largest absolute Gasteiger partial charge is 0.461 e. The number of nitrogens with one attached hydrogen (secondary N) is 1. The van der Waals surface area contributed by atoms with Crippen molar-refractivity contribution in [3.05, 3.63) is 0 Å². The highest BCUT2D eigenvalue weighted by atomic mass is 16.6. The molecule has 1 heterocycles. The van der Waals surface area contributed by atoms with Crippen LogP contribution in [0.1, 0.15) is 26.7 Å². The highest BCUT2D eigenvalue weighted by molar-refractivity contribution is 5.77. The van der Waals surface area contributed by atoms with E-state index in [1.807, 2.05) is 13.8 Å². The van der Waals surface area contributed by atoms with E-state index >= 15 is 0 Å². The molecular weight excluding hydrogens is 166 g/mol. The van der Waals surface area contributed by atoms with Gasteiger partial charge in [-0.1, -0.05) is 0 Å². The molecule has 3 nitrogen and oxygen atoms in total. The Morgan fingerprint density at radius 1 is 1.85 bits per heavy atom. The van der Waals surface area contributed by atoms with Gasteiger partial charge in [-0.2, -0.15) is 0 Å². The lowest BCUT2D eigenvalue weighted by atomic mass is 10.1. The normalized spacial score (nSPS) is 29.5. The van der Waals surface area contributed by atoms with Crippen molar-refractivity contribution in [3.8, 4) is 12.3 Å². The maximum atomic E-state index is 11.2. The second kappa shape index (κ2) is 4.29. The number of carbonyl (C=O) groups is 1. The second-order valence-corrected chi connectivity index (χ2v) is 3.51. The van der Waals surface area contributed by atoms with Crippen molar-refractivity contribution in [1.29, 1.82) is 0 Å². The number of ether oxygens (including phenoxy) is 1. The molecule has 0 aliphatic carbocycles. The van der Waals surface area contributed by atoms with Gasteiger partial charge in [0.25, 0.3) is 0 Å². The second-order valence-electron chi connectivity index (χ2n) is 3.51. The van der Waals surface area contributed by atoms with Gasteiger partial charge in [0.2, 0.25) is 0 Å². The first-order valence-electron chi connectivity index (χ1n) is 4.53. The van der Waals surface area contributed by atoms with Gasteiger partial charge in [0.05, 0.1) is 0 Å². The zero-order valence-corrected chi connectivity index (χ0v) is 8.04. The van der Waals surface area contributed by atoms with E-state index in [0.29, 0.717) is 6.42 Å². The van der Waals surface area contributed by atoms with Crippen LogP contribution in [0.4, 0.5) is 0 Å². The minimum Gasteiger partial charge on any atom is -0.461 e. The molecule has 1 saturated heterocycles. The molecule has 0 aromatic rings. The Bertz CT molecular complexity index is 232. The predicted octanol–water partition coefficient (Wildman–Crippen LogP) is 0.692. The number of rotatable bonds is 3. The lowest BCUT2D eigenvalue weighted by Gasteiger charge is -2.13. The summed E-state index contributed by atoms with van der Waals surface area (Å²) in [4.78, 5) is 11.2. The van der Waals surface area contributed by atoms with Crippen LogP contribution in [0.15, 0.2) is 0 Å². The molecular formula is C10H15NO2. The summed E-state index contributed by atoms with van der Waals surface area (Å²) in [6, 6.07) is 0.00574. The summed E-state index contributed by atoms with van der Waals surface area (Å²) < 4.78 is 5.00. The number of esters is 1. The average Bonchev–Trinajstić information content (AvgIpc) is 2.30. The van der Waals surface area contributed by atoms with Gasteiger partial charge in [-0.05, 0) is 13.8 Å². The molecule has 1 fully saturated rings. The molecule has 72 valence electrons. The highest BCUT2D eigenvalue weighted by Crippen LogP contribution is 2.14. The Labute approximate surface area is 78.8 Å². The lowest BCUT2D eigenvalue weighted by molar-refractivity contribution is -0.142. The van der Waals surface area contributed by atoms with Crippen LogP contribution in [0.2, 0.25) is 0 Å². The number of terminal acetylenes is 1. The first-order valence-corrected chi connectivity index (χ1v) is 4.53. The van der Waals surface area contributed by atoms with Crippen LogP contribution < -0.4 is 5.32 Å². The molecule has 0 aromatic carbocycles. The molecule has 0 amide bonds. The molecule has 0 aromatic heterocycles. The first kappa shape index (κ1) is 10.1. The Balaban J connectivity index is 2.37. The van der Waals surface area contributed by atoms with Crippen LogP contribution in [0.5, 0.6) is 0 Å². The van der Waals surface area contributed by atoms with Crippen LogP contribution >= 0.6 is 0 Å². The SMILES string of the molecule is C#CCC(C)NC1CC(C)OC1=O. The third kappa shape index (κ3) is 2.74. The van der Waals surface area contributed by atoms with Gasteiger partial charge in [0.15, 0.2) is 0 Å². The lowest BCUT2D eigenvalue weighted by Crippen LogP contribution is -2.39. The molecule has 3 unspecified atom stereocenters. The molecule has 0 radical (unpaired) electrons. The summed E-state index contributed by atoms with van der Waals surface area (Å²) in [6.07, 6.45) is 6.57. The molecule has 1 N–H and O–H groups in total. The number of carbonyl (C=O) groups excluding carboxylic acids is 1. The Morgan fingerprint density at radius 2 is 2.54 bits per heavy atom. The molecule has 1 aliphatic heterocycles. The fourth-order valence-electron chi connectivity index (χ4n) is 1.47. The zero-order chi connectivity index (χ0) is 9.84.